The third-order valence-corrected chi connectivity index (χ3v) is 5.65. The molecule has 0 saturated carbocycles. The molecule has 3 aromatic rings. The molecule has 150 valence electrons. The smallest absolute Gasteiger partial charge is 0.150 e. The second kappa shape index (κ2) is 8.64. The fourth-order valence-corrected chi connectivity index (χ4v) is 3.80. The van der Waals surface area contributed by atoms with Crippen LogP contribution in [0.2, 0.25) is 0 Å². The molecule has 5 heteroatoms. The number of rotatable bonds is 6. The zero-order chi connectivity index (χ0) is 20.2. The SMILES string of the molecule is CN(C)C1CCN(c2ccc(NC(O)c3ccc(-c4cccnc4)cc3)cc2)C1. The van der Waals surface area contributed by atoms with Gasteiger partial charge in [0.2, 0.25) is 0 Å². The quantitative estimate of drug-likeness (QED) is 0.626. The third kappa shape index (κ3) is 4.58. The summed E-state index contributed by atoms with van der Waals surface area (Å²) >= 11 is 0. The standard InChI is InChI=1S/C24H28N4O/c1-27(2)23-13-15-28(17-23)22-11-9-21(10-12-22)26-24(29)19-7-5-18(6-8-19)20-4-3-14-25-16-20/h3-12,14,16,23-24,26,29H,13,15,17H2,1-2H3. The molecule has 29 heavy (non-hydrogen) atoms. The maximum Gasteiger partial charge on any atom is 0.150 e. The van der Waals surface area contributed by atoms with E-state index in [-0.39, 0.29) is 0 Å². The summed E-state index contributed by atoms with van der Waals surface area (Å²) in [5.41, 5.74) is 5.11. The Balaban J connectivity index is 1.38. The molecule has 5 nitrogen and oxygen atoms in total. The van der Waals surface area contributed by atoms with Crippen LogP contribution in [0.5, 0.6) is 0 Å². The van der Waals surface area contributed by atoms with Gasteiger partial charge in [0.1, 0.15) is 0 Å². The lowest BCUT2D eigenvalue weighted by Gasteiger charge is -2.22. The molecule has 0 spiro atoms. The monoisotopic (exact) mass is 388 g/mol. The average molecular weight is 389 g/mol. The summed E-state index contributed by atoms with van der Waals surface area (Å²) in [6, 6.07) is 20.8. The molecule has 2 unspecified atom stereocenters. The molecule has 0 bridgehead atoms. The van der Waals surface area contributed by atoms with E-state index in [1.165, 1.54) is 12.1 Å². The summed E-state index contributed by atoms with van der Waals surface area (Å²) < 4.78 is 0. The summed E-state index contributed by atoms with van der Waals surface area (Å²) in [6.07, 6.45) is 4.04. The van der Waals surface area contributed by atoms with Crippen LogP contribution in [0.25, 0.3) is 11.1 Å². The Bertz CT molecular complexity index is 910. The third-order valence-electron chi connectivity index (χ3n) is 5.65. The van der Waals surface area contributed by atoms with Crippen LogP contribution in [-0.2, 0) is 0 Å². The zero-order valence-corrected chi connectivity index (χ0v) is 17.0. The van der Waals surface area contributed by atoms with Gasteiger partial charge in [0.05, 0.1) is 0 Å². The van der Waals surface area contributed by atoms with Crippen molar-refractivity contribution in [3.05, 3.63) is 78.6 Å². The minimum atomic E-state index is -0.756. The number of likely N-dealkylation sites (N-methyl/N-ethyl adjacent to an activating group) is 1. The van der Waals surface area contributed by atoms with E-state index in [1.54, 1.807) is 6.20 Å². The molecule has 0 aliphatic carbocycles. The van der Waals surface area contributed by atoms with Crippen molar-refractivity contribution in [3.8, 4) is 11.1 Å². The van der Waals surface area contributed by atoms with Gasteiger partial charge in [-0.1, -0.05) is 30.3 Å². The highest BCUT2D eigenvalue weighted by Crippen LogP contribution is 2.26. The molecule has 2 atom stereocenters. The van der Waals surface area contributed by atoms with E-state index in [0.717, 1.165) is 35.5 Å². The maximum absolute atomic E-state index is 10.6. The highest BCUT2D eigenvalue weighted by Gasteiger charge is 2.23. The number of hydrogen-bond acceptors (Lipinski definition) is 5. The topological polar surface area (TPSA) is 51.6 Å². The van der Waals surface area contributed by atoms with Gasteiger partial charge in [0.15, 0.2) is 6.23 Å². The number of hydrogen-bond donors (Lipinski definition) is 2. The Morgan fingerprint density at radius 3 is 2.41 bits per heavy atom. The number of nitrogens with one attached hydrogen (secondary N) is 1. The first-order valence-corrected chi connectivity index (χ1v) is 10.1. The van der Waals surface area contributed by atoms with E-state index >= 15 is 0 Å². The number of nitrogens with zero attached hydrogens (tertiary/aromatic N) is 3. The Morgan fingerprint density at radius 2 is 1.79 bits per heavy atom. The van der Waals surface area contributed by atoms with Crippen LogP contribution in [0.1, 0.15) is 18.2 Å². The Kier molecular flexibility index (Phi) is 5.79. The van der Waals surface area contributed by atoms with Gasteiger partial charge in [-0.25, -0.2) is 0 Å². The molecular formula is C24H28N4O. The predicted molar refractivity (Wildman–Crippen MR) is 119 cm³/mol. The van der Waals surface area contributed by atoms with E-state index < -0.39 is 6.23 Å². The van der Waals surface area contributed by atoms with E-state index in [9.17, 15) is 5.11 Å². The summed E-state index contributed by atoms with van der Waals surface area (Å²) in [4.78, 5) is 8.87. The second-order valence-corrected chi connectivity index (χ2v) is 7.81. The molecule has 4 rings (SSSR count). The first-order chi connectivity index (χ1) is 14.1. The molecule has 2 heterocycles. The summed E-state index contributed by atoms with van der Waals surface area (Å²) in [5, 5.41) is 13.8. The van der Waals surface area contributed by atoms with E-state index in [2.05, 4.69) is 46.3 Å². The fraction of sp³-hybridized carbons (Fsp3) is 0.292. The fourth-order valence-electron chi connectivity index (χ4n) is 3.80. The van der Waals surface area contributed by atoms with Gasteiger partial charge in [-0.15, -0.1) is 0 Å². The lowest BCUT2D eigenvalue weighted by Crippen LogP contribution is -2.31. The van der Waals surface area contributed by atoms with Crippen molar-refractivity contribution in [2.45, 2.75) is 18.7 Å². The molecule has 2 N–H and O–H groups in total. The van der Waals surface area contributed by atoms with Crippen LogP contribution in [-0.4, -0.2) is 48.2 Å². The molecule has 1 aliphatic rings. The van der Waals surface area contributed by atoms with Crippen LogP contribution in [0.15, 0.2) is 73.1 Å². The van der Waals surface area contributed by atoms with Crippen molar-refractivity contribution < 1.29 is 5.11 Å². The van der Waals surface area contributed by atoms with Crippen LogP contribution in [0.4, 0.5) is 11.4 Å². The first-order valence-electron chi connectivity index (χ1n) is 10.1. The summed E-state index contributed by atoms with van der Waals surface area (Å²) in [6.45, 7) is 2.15. The number of pyridine rings is 1. The van der Waals surface area contributed by atoms with Gasteiger partial charge in [0.25, 0.3) is 0 Å². The molecular weight excluding hydrogens is 360 g/mol. The first kappa shape index (κ1) is 19.4. The summed E-state index contributed by atoms with van der Waals surface area (Å²) in [5.74, 6) is 0. The number of anilines is 2. The van der Waals surface area contributed by atoms with Gasteiger partial charge in [-0.3, -0.25) is 4.98 Å². The number of aromatic nitrogens is 1. The normalized spacial score (nSPS) is 17.5. The zero-order valence-electron chi connectivity index (χ0n) is 17.0. The largest absolute Gasteiger partial charge is 0.370 e. The average Bonchev–Trinajstić information content (AvgIpc) is 3.26. The van der Waals surface area contributed by atoms with Crippen LogP contribution < -0.4 is 10.2 Å². The minimum Gasteiger partial charge on any atom is -0.370 e. The van der Waals surface area contributed by atoms with Gasteiger partial charge in [-0.2, -0.15) is 0 Å². The Morgan fingerprint density at radius 1 is 1.03 bits per heavy atom. The van der Waals surface area contributed by atoms with E-state index in [4.69, 9.17) is 0 Å². The maximum atomic E-state index is 10.6. The van der Waals surface area contributed by atoms with Gasteiger partial charge >= 0.3 is 0 Å². The number of aliphatic hydroxyl groups is 1. The molecule has 1 aliphatic heterocycles. The molecule has 1 aromatic heterocycles. The number of benzene rings is 2. The highest BCUT2D eigenvalue weighted by molar-refractivity contribution is 5.63. The van der Waals surface area contributed by atoms with E-state index in [0.29, 0.717) is 6.04 Å². The van der Waals surface area contributed by atoms with Crippen molar-refractivity contribution in [2.24, 2.45) is 0 Å². The highest BCUT2D eigenvalue weighted by atomic mass is 16.3. The number of aliphatic hydroxyl groups excluding tert-OH is 1. The van der Waals surface area contributed by atoms with Gasteiger partial charge in [0, 0.05) is 48.5 Å². The summed E-state index contributed by atoms with van der Waals surface area (Å²) in [7, 11) is 4.29. The van der Waals surface area contributed by atoms with Crippen molar-refractivity contribution in [1.82, 2.24) is 9.88 Å². The molecule has 1 saturated heterocycles. The molecule has 1 fully saturated rings. The molecule has 0 amide bonds. The van der Waals surface area contributed by atoms with Gasteiger partial charge < -0.3 is 20.2 Å². The van der Waals surface area contributed by atoms with Crippen LogP contribution >= 0.6 is 0 Å². The van der Waals surface area contributed by atoms with Crippen molar-refractivity contribution in [3.63, 3.8) is 0 Å². The van der Waals surface area contributed by atoms with Crippen molar-refractivity contribution >= 4 is 11.4 Å². The predicted octanol–water partition coefficient (Wildman–Crippen LogP) is 3.99. The molecule has 0 radical (unpaired) electrons. The Labute approximate surface area is 172 Å². The lowest BCUT2D eigenvalue weighted by atomic mass is 10.1. The van der Waals surface area contributed by atoms with Crippen LogP contribution in [0.3, 0.4) is 0 Å². The second-order valence-electron chi connectivity index (χ2n) is 7.81. The van der Waals surface area contributed by atoms with Gasteiger partial charge in [-0.05, 0) is 62.0 Å². The minimum absolute atomic E-state index is 0.615. The van der Waals surface area contributed by atoms with Crippen molar-refractivity contribution in [1.29, 1.82) is 0 Å². The lowest BCUT2D eigenvalue weighted by molar-refractivity contribution is 0.208. The van der Waals surface area contributed by atoms with Crippen molar-refractivity contribution in [2.75, 3.05) is 37.4 Å². The van der Waals surface area contributed by atoms with Crippen LogP contribution in [0, 0.1) is 0 Å². The molecule has 2 aromatic carbocycles. The Hall–Kier alpha value is -2.89. The van der Waals surface area contributed by atoms with E-state index in [1.807, 2.05) is 54.7 Å².